The van der Waals surface area contributed by atoms with E-state index in [0.29, 0.717) is 24.3 Å². The number of anilines is 1. The van der Waals surface area contributed by atoms with Crippen molar-refractivity contribution in [1.29, 1.82) is 0 Å². The number of benzene rings is 1. The molecule has 1 N–H and O–H groups in total. The summed E-state index contributed by atoms with van der Waals surface area (Å²) in [4.78, 5) is 27.0. The summed E-state index contributed by atoms with van der Waals surface area (Å²) < 4.78 is 0.733. The van der Waals surface area contributed by atoms with Gasteiger partial charge in [0.25, 0.3) is 0 Å². The summed E-state index contributed by atoms with van der Waals surface area (Å²) in [6.45, 7) is 8.36. The molecular formula is C19H21ClN2O2S. The number of hydrogen-bond donors (Lipinski definition) is 1. The van der Waals surface area contributed by atoms with Crippen molar-refractivity contribution >= 4 is 40.3 Å². The Morgan fingerprint density at radius 2 is 1.96 bits per heavy atom. The number of nitrogens with zero attached hydrogens (tertiary/aromatic N) is 1. The molecule has 0 saturated carbocycles. The molecule has 2 aromatic rings. The maximum absolute atomic E-state index is 12.6. The first-order chi connectivity index (χ1) is 11.9. The van der Waals surface area contributed by atoms with Crippen LogP contribution in [0.25, 0.3) is 0 Å². The third-order valence-electron chi connectivity index (χ3n) is 3.84. The van der Waals surface area contributed by atoms with E-state index in [9.17, 15) is 9.59 Å². The second kappa shape index (κ2) is 8.94. The van der Waals surface area contributed by atoms with Crippen molar-refractivity contribution in [3.8, 4) is 0 Å². The molecule has 1 aromatic heterocycles. The monoisotopic (exact) mass is 376 g/mol. The summed E-state index contributed by atoms with van der Waals surface area (Å²) in [5, 5.41) is 2.89. The molecule has 1 amide bonds. The van der Waals surface area contributed by atoms with Crippen molar-refractivity contribution in [3.63, 3.8) is 0 Å². The van der Waals surface area contributed by atoms with Gasteiger partial charge < -0.3 is 5.32 Å². The zero-order chi connectivity index (χ0) is 18.4. The molecule has 1 atom stereocenters. The third-order valence-corrected chi connectivity index (χ3v) is 5.05. The lowest BCUT2D eigenvalue weighted by molar-refractivity contribution is -0.120. The molecule has 1 heterocycles. The summed E-state index contributed by atoms with van der Waals surface area (Å²) in [5.41, 5.74) is 1.29. The maximum Gasteiger partial charge on any atom is 0.241 e. The van der Waals surface area contributed by atoms with Crippen molar-refractivity contribution in [3.05, 3.63) is 63.8 Å². The van der Waals surface area contributed by atoms with Crippen LogP contribution in [0.3, 0.4) is 0 Å². The number of amides is 1. The molecule has 0 bridgehead atoms. The summed E-state index contributed by atoms with van der Waals surface area (Å²) in [6.07, 6.45) is 1.78. The first-order valence-corrected chi connectivity index (χ1v) is 9.11. The lowest BCUT2D eigenvalue weighted by atomic mass is 10.1. The SMILES string of the molecule is C=CCN(Cc1ccc(Cl)s1)[C@H](C)C(=O)Nc1ccc(C(C)=O)cc1. The number of thiophene rings is 1. The Bertz CT molecular complexity index is 755. The molecule has 0 spiro atoms. The molecular weight excluding hydrogens is 356 g/mol. The molecule has 1 aromatic carbocycles. The number of ketones is 1. The molecule has 0 aliphatic heterocycles. The molecule has 0 unspecified atom stereocenters. The van der Waals surface area contributed by atoms with E-state index in [1.165, 1.54) is 18.3 Å². The van der Waals surface area contributed by atoms with Crippen LogP contribution in [-0.2, 0) is 11.3 Å². The highest BCUT2D eigenvalue weighted by molar-refractivity contribution is 7.16. The van der Waals surface area contributed by atoms with Crippen LogP contribution in [0.2, 0.25) is 4.34 Å². The molecule has 4 nitrogen and oxygen atoms in total. The molecule has 132 valence electrons. The number of carbonyl (C=O) groups is 2. The number of nitrogens with one attached hydrogen (secondary N) is 1. The van der Waals surface area contributed by atoms with Crippen LogP contribution in [0.15, 0.2) is 49.1 Å². The minimum Gasteiger partial charge on any atom is -0.325 e. The van der Waals surface area contributed by atoms with E-state index in [2.05, 4.69) is 11.9 Å². The van der Waals surface area contributed by atoms with Crippen LogP contribution in [0.4, 0.5) is 5.69 Å². The molecule has 0 saturated heterocycles. The number of rotatable bonds is 8. The van der Waals surface area contributed by atoms with Crippen LogP contribution >= 0.6 is 22.9 Å². The van der Waals surface area contributed by atoms with E-state index < -0.39 is 0 Å². The Kier molecular flexibility index (Phi) is 6.93. The second-order valence-electron chi connectivity index (χ2n) is 5.72. The fourth-order valence-corrected chi connectivity index (χ4v) is 3.48. The van der Waals surface area contributed by atoms with Crippen LogP contribution in [0.5, 0.6) is 0 Å². The van der Waals surface area contributed by atoms with E-state index in [1.807, 2.05) is 24.0 Å². The first kappa shape index (κ1) is 19.4. The number of carbonyl (C=O) groups excluding carboxylic acids is 2. The van der Waals surface area contributed by atoms with E-state index in [1.54, 1.807) is 30.3 Å². The van der Waals surface area contributed by atoms with Crippen LogP contribution < -0.4 is 5.32 Å². The highest BCUT2D eigenvalue weighted by Gasteiger charge is 2.21. The Balaban J connectivity index is 2.04. The maximum atomic E-state index is 12.6. The average molecular weight is 377 g/mol. The topological polar surface area (TPSA) is 49.4 Å². The van der Waals surface area contributed by atoms with Gasteiger partial charge in [0.2, 0.25) is 5.91 Å². The van der Waals surface area contributed by atoms with Crippen LogP contribution in [-0.4, -0.2) is 29.2 Å². The Morgan fingerprint density at radius 1 is 1.28 bits per heavy atom. The summed E-state index contributed by atoms with van der Waals surface area (Å²) in [7, 11) is 0. The van der Waals surface area contributed by atoms with Crippen molar-refractivity contribution < 1.29 is 9.59 Å². The number of Topliss-reactive ketones (excluding diaryl/α,β-unsaturated/α-hetero) is 1. The van der Waals surface area contributed by atoms with Gasteiger partial charge in [0, 0.05) is 29.2 Å². The predicted octanol–water partition coefficient (Wildman–Crippen LogP) is 4.62. The quantitative estimate of drug-likeness (QED) is 0.540. The molecule has 0 aliphatic carbocycles. The van der Waals surface area contributed by atoms with Gasteiger partial charge in [0.05, 0.1) is 10.4 Å². The first-order valence-electron chi connectivity index (χ1n) is 7.91. The van der Waals surface area contributed by atoms with Gasteiger partial charge in [-0.25, -0.2) is 0 Å². The van der Waals surface area contributed by atoms with Gasteiger partial charge in [0.1, 0.15) is 0 Å². The van der Waals surface area contributed by atoms with E-state index in [-0.39, 0.29) is 17.7 Å². The smallest absolute Gasteiger partial charge is 0.241 e. The molecule has 25 heavy (non-hydrogen) atoms. The van der Waals surface area contributed by atoms with Gasteiger partial charge in [0.15, 0.2) is 5.78 Å². The highest BCUT2D eigenvalue weighted by atomic mass is 35.5. The van der Waals surface area contributed by atoms with Crippen molar-refractivity contribution in [2.75, 3.05) is 11.9 Å². The lowest BCUT2D eigenvalue weighted by Gasteiger charge is -2.26. The minimum atomic E-state index is -0.341. The highest BCUT2D eigenvalue weighted by Crippen LogP contribution is 2.23. The van der Waals surface area contributed by atoms with Crippen LogP contribution in [0, 0.1) is 0 Å². The fourth-order valence-electron chi connectivity index (χ4n) is 2.36. The summed E-state index contributed by atoms with van der Waals surface area (Å²) in [5.74, 6) is -0.113. The van der Waals surface area contributed by atoms with Crippen LogP contribution in [0.1, 0.15) is 29.1 Å². The Labute approximate surface area is 157 Å². The van der Waals surface area contributed by atoms with Gasteiger partial charge in [-0.05, 0) is 50.2 Å². The van der Waals surface area contributed by atoms with E-state index in [0.717, 1.165) is 9.21 Å². The van der Waals surface area contributed by atoms with Crippen molar-refractivity contribution in [1.82, 2.24) is 4.90 Å². The molecule has 6 heteroatoms. The van der Waals surface area contributed by atoms with Gasteiger partial charge >= 0.3 is 0 Å². The van der Waals surface area contributed by atoms with Crippen molar-refractivity contribution in [2.24, 2.45) is 0 Å². The Morgan fingerprint density at radius 3 is 2.48 bits per heavy atom. The van der Waals surface area contributed by atoms with Gasteiger partial charge in [-0.15, -0.1) is 17.9 Å². The third kappa shape index (κ3) is 5.53. The fraction of sp³-hybridized carbons (Fsp3) is 0.263. The van der Waals surface area contributed by atoms with Gasteiger partial charge in [-0.1, -0.05) is 17.7 Å². The predicted molar refractivity (Wildman–Crippen MR) is 104 cm³/mol. The largest absolute Gasteiger partial charge is 0.325 e. The molecule has 0 fully saturated rings. The summed E-state index contributed by atoms with van der Waals surface area (Å²) >= 11 is 7.49. The minimum absolute atomic E-state index is 0.00184. The van der Waals surface area contributed by atoms with E-state index >= 15 is 0 Å². The average Bonchev–Trinajstić information content (AvgIpc) is 2.99. The van der Waals surface area contributed by atoms with Gasteiger partial charge in [-0.2, -0.15) is 0 Å². The second-order valence-corrected chi connectivity index (χ2v) is 7.52. The normalized spacial score (nSPS) is 12.0. The Hall–Kier alpha value is -1.95. The summed E-state index contributed by atoms with van der Waals surface area (Å²) in [6, 6.07) is 10.4. The van der Waals surface area contributed by atoms with E-state index in [4.69, 9.17) is 11.6 Å². The van der Waals surface area contributed by atoms with Crippen molar-refractivity contribution in [2.45, 2.75) is 26.4 Å². The molecule has 0 aliphatic rings. The molecule has 0 radical (unpaired) electrons. The lowest BCUT2D eigenvalue weighted by Crippen LogP contribution is -2.41. The molecule has 2 rings (SSSR count). The number of hydrogen-bond acceptors (Lipinski definition) is 4. The van der Waals surface area contributed by atoms with Gasteiger partial charge in [-0.3, -0.25) is 14.5 Å². The zero-order valence-electron chi connectivity index (χ0n) is 14.3. The standard InChI is InChI=1S/C19H21ClN2O2S/c1-4-11-22(12-17-9-10-18(20)25-17)13(2)19(24)21-16-7-5-15(6-8-16)14(3)23/h4-10,13H,1,11-12H2,2-3H3,(H,21,24)/t13-/m1/s1. The zero-order valence-corrected chi connectivity index (χ0v) is 15.9. The number of halogens is 1.